The summed E-state index contributed by atoms with van der Waals surface area (Å²) in [6, 6.07) is 0.0232. The lowest BCUT2D eigenvalue weighted by Crippen LogP contribution is -2.54. The van der Waals surface area contributed by atoms with Crippen molar-refractivity contribution >= 4 is 5.91 Å². The third-order valence-electron chi connectivity index (χ3n) is 4.60. The van der Waals surface area contributed by atoms with Crippen LogP contribution in [0.15, 0.2) is 0 Å². The Balaban J connectivity index is 2.86. The number of carbonyl (C=O) groups excluding carboxylic acids is 1. The molecule has 3 nitrogen and oxygen atoms in total. The van der Waals surface area contributed by atoms with Crippen molar-refractivity contribution in [2.24, 2.45) is 11.1 Å². The molecule has 0 aromatic rings. The van der Waals surface area contributed by atoms with Crippen LogP contribution in [-0.4, -0.2) is 29.4 Å². The number of rotatable bonds is 3. The summed E-state index contributed by atoms with van der Waals surface area (Å²) in [5, 5.41) is 0. The molecule has 1 saturated carbocycles. The molecule has 0 aliphatic heterocycles. The van der Waals surface area contributed by atoms with Crippen LogP contribution in [0.2, 0.25) is 0 Å². The van der Waals surface area contributed by atoms with E-state index in [0.717, 1.165) is 25.7 Å². The van der Waals surface area contributed by atoms with Crippen LogP contribution >= 0.6 is 0 Å². The van der Waals surface area contributed by atoms with E-state index in [2.05, 4.69) is 20.8 Å². The van der Waals surface area contributed by atoms with Crippen molar-refractivity contribution in [3.05, 3.63) is 0 Å². The monoisotopic (exact) mass is 226 g/mol. The molecule has 1 fully saturated rings. The zero-order chi connectivity index (χ0) is 12.6. The summed E-state index contributed by atoms with van der Waals surface area (Å²) in [6.45, 7) is 8.35. The first-order valence-corrected chi connectivity index (χ1v) is 6.29. The van der Waals surface area contributed by atoms with Gasteiger partial charge < -0.3 is 10.6 Å². The van der Waals surface area contributed by atoms with E-state index in [9.17, 15) is 4.79 Å². The lowest BCUT2D eigenvalue weighted by atomic mass is 9.82. The second-order valence-corrected chi connectivity index (χ2v) is 5.95. The summed E-state index contributed by atoms with van der Waals surface area (Å²) in [5.74, 6) is 0.212. The van der Waals surface area contributed by atoms with Gasteiger partial charge in [0, 0.05) is 18.6 Å². The second kappa shape index (κ2) is 4.36. The Hall–Kier alpha value is -0.570. The van der Waals surface area contributed by atoms with Crippen molar-refractivity contribution in [2.75, 3.05) is 7.05 Å². The van der Waals surface area contributed by atoms with Crippen molar-refractivity contribution in [3.8, 4) is 0 Å². The van der Waals surface area contributed by atoms with Crippen LogP contribution in [0, 0.1) is 5.41 Å². The Morgan fingerprint density at radius 1 is 1.56 bits per heavy atom. The highest BCUT2D eigenvalue weighted by molar-refractivity contribution is 5.84. The molecule has 0 radical (unpaired) electrons. The summed E-state index contributed by atoms with van der Waals surface area (Å²) < 4.78 is 0. The molecule has 1 rings (SSSR count). The van der Waals surface area contributed by atoms with E-state index < -0.39 is 0 Å². The van der Waals surface area contributed by atoms with Crippen LogP contribution in [0.1, 0.15) is 53.4 Å². The van der Waals surface area contributed by atoms with E-state index in [4.69, 9.17) is 5.73 Å². The predicted octanol–water partition coefficient (Wildman–Crippen LogP) is 2.15. The molecule has 0 aromatic heterocycles. The average Bonchev–Trinajstić information content (AvgIpc) is 2.58. The molecule has 94 valence electrons. The van der Waals surface area contributed by atoms with Gasteiger partial charge in [-0.2, -0.15) is 0 Å². The minimum absolute atomic E-state index is 0.0232. The summed E-state index contributed by atoms with van der Waals surface area (Å²) in [6.07, 6.45) is 3.93. The second-order valence-electron chi connectivity index (χ2n) is 5.95. The highest BCUT2D eigenvalue weighted by Crippen LogP contribution is 2.39. The fourth-order valence-corrected chi connectivity index (χ4v) is 2.35. The molecule has 0 heterocycles. The summed E-state index contributed by atoms with van der Waals surface area (Å²) >= 11 is 0. The van der Waals surface area contributed by atoms with Crippen molar-refractivity contribution in [3.63, 3.8) is 0 Å². The molecule has 1 aliphatic rings. The van der Waals surface area contributed by atoms with Crippen molar-refractivity contribution in [1.82, 2.24) is 4.90 Å². The Bertz CT molecular complexity index is 275. The topological polar surface area (TPSA) is 46.3 Å². The number of hydrogen-bond acceptors (Lipinski definition) is 2. The lowest BCUT2D eigenvalue weighted by molar-refractivity contribution is -0.145. The smallest absolute Gasteiger partial charge is 0.230 e. The molecule has 2 atom stereocenters. The average molecular weight is 226 g/mol. The number of nitrogens with two attached hydrogens (primary N) is 1. The molecule has 2 unspecified atom stereocenters. The first kappa shape index (κ1) is 13.5. The van der Waals surface area contributed by atoms with Crippen LogP contribution in [0.5, 0.6) is 0 Å². The zero-order valence-corrected chi connectivity index (χ0v) is 11.3. The highest BCUT2D eigenvalue weighted by atomic mass is 16.2. The van der Waals surface area contributed by atoms with Gasteiger partial charge >= 0.3 is 0 Å². The van der Waals surface area contributed by atoms with Crippen molar-refractivity contribution in [2.45, 2.75) is 65.0 Å². The van der Waals surface area contributed by atoms with Gasteiger partial charge in [0.25, 0.3) is 0 Å². The Morgan fingerprint density at radius 3 is 2.50 bits per heavy atom. The minimum atomic E-state index is -0.346. The molecule has 0 spiro atoms. The molecule has 2 N–H and O–H groups in total. The maximum Gasteiger partial charge on any atom is 0.230 e. The van der Waals surface area contributed by atoms with Gasteiger partial charge in [0.15, 0.2) is 0 Å². The largest absolute Gasteiger partial charge is 0.340 e. The summed E-state index contributed by atoms with van der Waals surface area (Å²) in [4.78, 5) is 14.4. The van der Waals surface area contributed by atoms with Crippen LogP contribution in [0.25, 0.3) is 0 Å². The predicted molar refractivity (Wildman–Crippen MR) is 67.1 cm³/mol. The number of amides is 1. The van der Waals surface area contributed by atoms with Crippen molar-refractivity contribution in [1.29, 1.82) is 0 Å². The standard InChI is InChI=1S/C13H26N2O/c1-6-12(2,3)15(5)11(16)13(4)9-7-8-10(13)14/h10H,6-9,14H2,1-5H3. The molecule has 0 bridgehead atoms. The molecule has 16 heavy (non-hydrogen) atoms. The molecule has 1 aliphatic carbocycles. The van der Waals surface area contributed by atoms with Crippen LogP contribution in [-0.2, 0) is 4.79 Å². The fourth-order valence-electron chi connectivity index (χ4n) is 2.35. The molecular weight excluding hydrogens is 200 g/mol. The van der Waals surface area contributed by atoms with Crippen LogP contribution in [0.4, 0.5) is 0 Å². The fraction of sp³-hybridized carbons (Fsp3) is 0.923. The first-order valence-electron chi connectivity index (χ1n) is 6.29. The molecular formula is C13H26N2O. The van der Waals surface area contributed by atoms with Crippen LogP contribution in [0.3, 0.4) is 0 Å². The normalized spacial score (nSPS) is 30.5. The first-order chi connectivity index (χ1) is 7.25. The molecule has 0 saturated heterocycles. The van der Waals surface area contributed by atoms with Gasteiger partial charge in [-0.1, -0.05) is 13.3 Å². The Kier molecular flexibility index (Phi) is 3.68. The third-order valence-corrected chi connectivity index (χ3v) is 4.60. The maximum absolute atomic E-state index is 12.5. The van der Waals surface area contributed by atoms with E-state index in [0.29, 0.717) is 0 Å². The van der Waals surface area contributed by atoms with E-state index in [-0.39, 0.29) is 22.9 Å². The van der Waals surface area contributed by atoms with E-state index in [1.54, 1.807) is 0 Å². The van der Waals surface area contributed by atoms with Gasteiger partial charge in [-0.05, 0) is 40.0 Å². The summed E-state index contributed by atoms with van der Waals surface area (Å²) in [7, 11) is 1.90. The number of nitrogens with zero attached hydrogens (tertiary/aromatic N) is 1. The van der Waals surface area contributed by atoms with Gasteiger partial charge in [0.1, 0.15) is 0 Å². The summed E-state index contributed by atoms with van der Waals surface area (Å²) in [5.41, 5.74) is 5.66. The van der Waals surface area contributed by atoms with Crippen LogP contribution < -0.4 is 5.73 Å². The highest BCUT2D eigenvalue weighted by Gasteiger charge is 2.46. The van der Waals surface area contributed by atoms with E-state index in [1.807, 2.05) is 18.9 Å². The minimum Gasteiger partial charge on any atom is -0.340 e. The Labute approximate surface area is 99.4 Å². The van der Waals surface area contributed by atoms with E-state index in [1.165, 1.54) is 0 Å². The molecule has 1 amide bonds. The zero-order valence-electron chi connectivity index (χ0n) is 11.3. The maximum atomic E-state index is 12.5. The molecule has 0 aromatic carbocycles. The van der Waals surface area contributed by atoms with Gasteiger partial charge in [-0.15, -0.1) is 0 Å². The lowest BCUT2D eigenvalue weighted by Gasteiger charge is -2.41. The molecule has 3 heteroatoms. The van der Waals surface area contributed by atoms with E-state index >= 15 is 0 Å². The third kappa shape index (κ3) is 2.10. The van der Waals surface area contributed by atoms with Gasteiger partial charge in [-0.25, -0.2) is 0 Å². The van der Waals surface area contributed by atoms with Gasteiger partial charge in [0.2, 0.25) is 5.91 Å². The number of hydrogen-bond donors (Lipinski definition) is 1. The quantitative estimate of drug-likeness (QED) is 0.801. The Morgan fingerprint density at radius 2 is 2.12 bits per heavy atom. The number of carbonyl (C=O) groups is 1. The van der Waals surface area contributed by atoms with Crippen molar-refractivity contribution < 1.29 is 4.79 Å². The van der Waals surface area contributed by atoms with Gasteiger partial charge in [0.05, 0.1) is 5.41 Å². The van der Waals surface area contributed by atoms with Gasteiger partial charge in [-0.3, -0.25) is 4.79 Å². The SMILES string of the molecule is CCC(C)(C)N(C)C(=O)C1(C)CCCC1N.